The Balaban J connectivity index is 1.32. The zero-order valence-electron chi connectivity index (χ0n) is 25.1. The van der Waals surface area contributed by atoms with Gasteiger partial charge in [0.1, 0.15) is 0 Å². The minimum absolute atomic E-state index is 0.626. The van der Waals surface area contributed by atoms with Gasteiger partial charge in [-0.25, -0.2) is 4.98 Å². The second-order valence-electron chi connectivity index (χ2n) is 12.9. The zero-order chi connectivity index (χ0) is 29.0. The van der Waals surface area contributed by atoms with Gasteiger partial charge in [0.15, 0.2) is 11.6 Å². The average molecular weight is 576 g/mol. The normalized spacial score (nSPS) is 20.2. The van der Waals surface area contributed by atoms with E-state index in [1.165, 1.54) is 79.8 Å². The third kappa shape index (κ3) is 4.09. The molecule has 5 nitrogen and oxygen atoms in total. The number of aromatic nitrogens is 4. The van der Waals surface area contributed by atoms with Crippen LogP contribution >= 0.6 is 0 Å². The molecule has 2 aromatic heterocycles. The van der Waals surface area contributed by atoms with Crippen LogP contribution in [0.3, 0.4) is 0 Å². The van der Waals surface area contributed by atoms with Crippen LogP contribution in [0.2, 0.25) is 0 Å². The highest BCUT2D eigenvalue weighted by Crippen LogP contribution is 2.54. The molecule has 44 heavy (non-hydrogen) atoms. The van der Waals surface area contributed by atoms with Crippen molar-refractivity contribution in [1.82, 2.24) is 19.5 Å². The fraction of sp³-hybridized carbons (Fsp3) is 0.308. The molecule has 2 fully saturated rings. The van der Waals surface area contributed by atoms with Crippen LogP contribution in [0.25, 0.3) is 50.5 Å². The molecule has 0 spiro atoms. The topological polar surface area (TPSA) is 46.8 Å². The van der Waals surface area contributed by atoms with Gasteiger partial charge < -0.3 is 4.90 Å². The van der Waals surface area contributed by atoms with Gasteiger partial charge in [-0.2, -0.15) is 9.97 Å². The third-order valence-electron chi connectivity index (χ3n) is 10.4. The van der Waals surface area contributed by atoms with Gasteiger partial charge in [0.25, 0.3) is 0 Å². The first-order valence-corrected chi connectivity index (χ1v) is 16.6. The lowest BCUT2D eigenvalue weighted by Gasteiger charge is -2.41. The van der Waals surface area contributed by atoms with E-state index in [9.17, 15) is 0 Å². The standard InChI is InChI=1S/C39H37N5/c1-4-14-26(15-5-1)37-40-38(27-16-6-2-7-17-27)42-39(41-37)44-33-23-13-11-21-31(33)35-34(44)25-24-30-29-20-10-12-22-32(29)43(36(30)35)28-18-8-3-9-19-28/h1-2,4-7,11,13-17,21,23-25,28-29,32H,3,8-10,12,18-20,22H2/t29-,32?/m1/s1. The number of anilines is 1. The molecule has 3 aliphatic rings. The summed E-state index contributed by atoms with van der Waals surface area (Å²) in [6, 6.07) is 35.5. The monoisotopic (exact) mass is 575 g/mol. The van der Waals surface area contributed by atoms with Crippen molar-refractivity contribution in [1.29, 1.82) is 0 Å². The van der Waals surface area contributed by atoms with E-state index >= 15 is 0 Å². The van der Waals surface area contributed by atoms with Crippen LogP contribution in [-0.4, -0.2) is 31.6 Å². The van der Waals surface area contributed by atoms with Gasteiger partial charge in [0, 0.05) is 39.9 Å². The molecule has 0 N–H and O–H groups in total. The Morgan fingerprint density at radius 3 is 1.91 bits per heavy atom. The quantitative estimate of drug-likeness (QED) is 0.210. The van der Waals surface area contributed by atoms with Crippen LogP contribution in [0.1, 0.15) is 69.3 Å². The number of fused-ring (bicyclic) bond motifs is 7. The van der Waals surface area contributed by atoms with Crippen molar-refractivity contribution in [2.24, 2.45) is 0 Å². The Labute approximate surface area is 258 Å². The lowest BCUT2D eigenvalue weighted by Crippen LogP contribution is -2.44. The second kappa shape index (κ2) is 10.6. The highest BCUT2D eigenvalue weighted by Gasteiger charge is 2.44. The molecular weight excluding hydrogens is 538 g/mol. The van der Waals surface area contributed by atoms with Crippen molar-refractivity contribution in [3.63, 3.8) is 0 Å². The molecule has 0 amide bonds. The van der Waals surface area contributed by atoms with Crippen LogP contribution in [-0.2, 0) is 0 Å². The first-order valence-electron chi connectivity index (χ1n) is 16.6. The molecule has 3 heterocycles. The van der Waals surface area contributed by atoms with Crippen molar-refractivity contribution in [3.05, 3.63) is 103 Å². The summed E-state index contributed by atoms with van der Waals surface area (Å²) in [6.45, 7) is 0. The van der Waals surface area contributed by atoms with Crippen LogP contribution in [0, 0.1) is 0 Å². The number of nitrogens with zero attached hydrogens (tertiary/aromatic N) is 5. The Hall–Kier alpha value is -4.51. The molecule has 218 valence electrons. The highest BCUT2D eigenvalue weighted by molar-refractivity contribution is 6.16. The van der Waals surface area contributed by atoms with Gasteiger partial charge >= 0.3 is 0 Å². The van der Waals surface area contributed by atoms with Gasteiger partial charge in [-0.1, -0.05) is 117 Å². The minimum Gasteiger partial charge on any atom is -0.364 e. The predicted molar refractivity (Wildman–Crippen MR) is 179 cm³/mol. The van der Waals surface area contributed by atoms with E-state index in [1.54, 1.807) is 5.56 Å². The third-order valence-corrected chi connectivity index (χ3v) is 10.4. The van der Waals surface area contributed by atoms with Crippen LogP contribution < -0.4 is 4.90 Å². The van der Waals surface area contributed by atoms with Gasteiger partial charge in [0.05, 0.1) is 16.7 Å². The number of hydrogen-bond donors (Lipinski definition) is 0. The molecule has 2 atom stereocenters. The van der Waals surface area contributed by atoms with Crippen LogP contribution in [0.4, 0.5) is 5.69 Å². The van der Waals surface area contributed by atoms with Crippen LogP contribution in [0.5, 0.6) is 0 Å². The van der Waals surface area contributed by atoms with Crippen molar-refractivity contribution in [2.45, 2.75) is 75.8 Å². The van der Waals surface area contributed by atoms with E-state index in [1.807, 2.05) is 36.4 Å². The smallest absolute Gasteiger partial charge is 0.238 e. The minimum atomic E-state index is 0.626. The fourth-order valence-electron chi connectivity index (χ4n) is 8.53. The maximum absolute atomic E-state index is 5.17. The van der Waals surface area contributed by atoms with Gasteiger partial charge in [-0.05, 0) is 43.4 Å². The Morgan fingerprint density at radius 2 is 1.18 bits per heavy atom. The molecular formula is C39H37N5. The van der Waals surface area contributed by atoms with E-state index < -0.39 is 0 Å². The first kappa shape index (κ1) is 25.9. The molecule has 2 aliphatic carbocycles. The predicted octanol–water partition coefficient (Wildman–Crippen LogP) is 9.48. The number of hydrogen-bond acceptors (Lipinski definition) is 4. The number of rotatable bonds is 4. The Morgan fingerprint density at radius 1 is 0.545 bits per heavy atom. The summed E-state index contributed by atoms with van der Waals surface area (Å²) < 4.78 is 2.30. The number of para-hydroxylation sites is 1. The van der Waals surface area contributed by atoms with Crippen molar-refractivity contribution >= 4 is 27.5 Å². The Bertz CT molecular complexity index is 1920. The van der Waals surface area contributed by atoms with Gasteiger partial charge in [-0.15, -0.1) is 0 Å². The zero-order valence-corrected chi connectivity index (χ0v) is 25.1. The summed E-state index contributed by atoms with van der Waals surface area (Å²) in [4.78, 5) is 18.3. The van der Waals surface area contributed by atoms with Crippen LogP contribution in [0.15, 0.2) is 97.1 Å². The summed E-state index contributed by atoms with van der Waals surface area (Å²) in [5.41, 5.74) is 7.39. The van der Waals surface area contributed by atoms with Gasteiger partial charge in [0.2, 0.25) is 5.95 Å². The molecule has 4 aromatic carbocycles. The highest BCUT2D eigenvalue weighted by atomic mass is 15.2. The van der Waals surface area contributed by atoms with Crippen molar-refractivity contribution < 1.29 is 0 Å². The van der Waals surface area contributed by atoms with Crippen molar-refractivity contribution in [3.8, 4) is 28.7 Å². The molecule has 1 unspecified atom stereocenters. The SMILES string of the molecule is c1ccc(-c2nc(-c3ccccc3)nc(-n3c4ccccc4c4c5c(ccc43)[C@H]3CCCCC3N5C3CCCCC3)n2)cc1. The summed E-state index contributed by atoms with van der Waals surface area (Å²) >= 11 is 0. The van der Waals surface area contributed by atoms with E-state index in [2.05, 4.69) is 70.1 Å². The van der Waals surface area contributed by atoms with Gasteiger partial charge in [-0.3, -0.25) is 4.57 Å². The summed E-state index contributed by atoms with van der Waals surface area (Å²) in [6.07, 6.45) is 12.0. The lowest BCUT2D eigenvalue weighted by molar-refractivity contribution is 0.331. The molecule has 0 radical (unpaired) electrons. The molecule has 0 saturated heterocycles. The Kier molecular flexibility index (Phi) is 6.24. The molecule has 5 heteroatoms. The van der Waals surface area contributed by atoms with E-state index in [0.717, 1.165) is 16.6 Å². The fourth-order valence-corrected chi connectivity index (χ4v) is 8.53. The lowest BCUT2D eigenvalue weighted by atomic mass is 9.81. The summed E-state index contributed by atoms with van der Waals surface area (Å²) in [5, 5.41) is 2.67. The number of benzene rings is 4. The van der Waals surface area contributed by atoms with Crippen molar-refractivity contribution in [2.75, 3.05) is 4.90 Å². The maximum atomic E-state index is 5.17. The maximum Gasteiger partial charge on any atom is 0.238 e. The molecule has 0 bridgehead atoms. The summed E-state index contributed by atoms with van der Waals surface area (Å²) in [7, 11) is 0. The van der Waals surface area contributed by atoms with E-state index in [-0.39, 0.29) is 0 Å². The molecule has 2 saturated carbocycles. The molecule has 1 aliphatic heterocycles. The molecule has 9 rings (SSSR count). The summed E-state index contributed by atoms with van der Waals surface area (Å²) in [5.74, 6) is 2.69. The van der Waals surface area contributed by atoms with E-state index in [0.29, 0.717) is 35.6 Å². The largest absolute Gasteiger partial charge is 0.364 e. The second-order valence-corrected chi connectivity index (χ2v) is 12.9. The first-order chi connectivity index (χ1) is 21.8. The molecule has 6 aromatic rings. The van der Waals surface area contributed by atoms with E-state index in [4.69, 9.17) is 15.0 Å². The average Bonchev–Trinajstić information content (AvgIpc) is 3.62.